The van der Waals surface area contributed by atoms with Gasteiger partial charge in [0.25, 0.3) is 0 Å². The topological polar surface area (TPSA) is 70.1 Å². The molecule has 0 saturated heterocycles. The molecule has 2 aromatic carbocycles. The summed E-state index contributed by atoms with van der Waals surface area (Å²) in [6.45, 7) is 2.07. The molecule has 0 aromatic heterocycles. The second-order valence-corrected chi connectivity index (χ2v) is 7.07. The lowest BCUT2D eigenvalue weighted by atomic mass is 9.81. The van der Waals surface area contributed by atoms with Crippen molar-refractivity contribution in [1.29, 1.82) is 5.26 Å². The fraction of sp³-hybridized carbons (Fsp3) is 0.364. The minimum atomic E-state index is -0.256. The molecule has 0 spiro atoms. The Kier molecular flexibility index (Phi) is 6.94. The highest BCUT2D eigenvalue weighted by Gasteiger charge is 2.28. The van der Waals surface area contributed by atoms with Gasteiger partial charge in [0.05, 0.1) is 11.6 Å². The van der Waals surface area contributed by atoms with Gasteiger partial charge in [0.15, 0.2) is 0 Å². The summed E-state index contributed by atoms with van der Waals surface area (Å²) >= 11 is 0. The van der Waals surface area contributed by atoms with E-state index in [1.54, 1.807) is 0 Å². The van der Waals surface area contributed by atoms with Crippen molar-refractivity contribution in [2.24, 2.45) is 11.7 Å². The van der Waals surface area contributed by atoms with Gasteiger partial charge < -0.3 is 10.6 Å². The number of primary amides is 1. The Bertz CT molecular complexity index is 747. The van der Waals surface area contributed by atoms with E-state index in [0.717, 1.165) is 17.5 Å². The number of likely N-dealkylation sites (N-methyl/N-ethyl adjacent to an activating group) is 1. The zero-order valence-electron chi connectivity index (χ0n) is 15.7. The minimum absolute atomic E-state index is 0.0668. The predicted molar refractivity (Wildman–Crippen MR) is 104 cm³/mol. The summed E-state index contributed by atoms with van der Waals surface area (Å²) in [5.74, 6) is -0.423. The highest BCUT2D eigenvalue weighted by molar-refractivity contribution is 5.77. The summed E-state index contributed by atoms with van der Waals surface area (Å²) in [7, 11) is 4.05. The fourth-order valence-corrected chi connectivity index (χ4v) is 3.31. The van der Waals surface area contributed by atoms with Crippen molar-refractivity contribution in [3.63, 3.8) is 0 Å². The van der Waals surface area contributed by atoms with Crippen molar-refractivity contribution in [1.82, 2.24) is 4.90 Å². The van der Waals surface area contributed by atoms with Crippen molar-refractivity contribution in [3.8, 4) is 6.07 Å². The lowest BCUT2D eigenvalue weighted by Gasteiger charge is -2.30. The molecule has 4 nitrogen and oxygen atoms in total. The van der Waals surface area contributed by atoms with Crippen LogP contribution in [0.1, 0.15) is 36.0 Å². The van der Waals surface area contributed by atoms with Crippen molar-refractivity contribution >= 4 is 5.91 Å². The Morgan fingerprint density at radius 1 is 1.12 bits per heavy atom. The maximum absolute atomic E-state index is 12.2. The number of benzene rings is 2. The van der Waals surface area contributed by atoms with E-state index in [1.807, 2.05) is 68.7 Å². The summed E-state index contributed by atoms with van der Waals surface area (Å²) in [6.07, 6.45) is 1.50. The van der Waals surface area contributed by atoms with Crippen LogP contribution in [-0.2, 0) is 11.2 Å². The Morgan fingerprint density at radius 3 is 2.23 bits per heavy atom. The third-order valence-electron chi connectivity index (χ3n) is 5.11. The molecule has 0 bridgehead atoms. The van der Waals surface area contributed by atoms with E-state index in [9.17, 15) is 4.79 Å². The summed E-state index contributed by atoms with van der Waals surface area (Å²) in [4.78, 5) is 14.3. The molecule has 2 N–H and O–H groups in total. The molecule has 2 unspecified atom stereocenters. The first-order chi connectivity index (χ1) is 12.4. The van der Waals surface area contributed by atoms with Gasteiger partial charge in [0, 0.05) is 12.0 Å². The lowest BCUT2D eigenvalue weighted by Crippen LogP contribution is -2.37. The van der Waals surface area contributed by atoms with E-state index >= 15 is 0 Å². The SMILES string of the molecule is CC(c1ccccc1)C(C[C@@H](Cc1ccc(C#N)cc1)N(C)C)C(N)=O. The van der Waals surface area contributed by atoms with E-state index in [1.165, 1.54) is 0 Å². The second-order valence-electron chi connectivity index (χ2n) is 7.07. The molecule has 2 rings (SSSR count). The van der Waals surface area contributed by atoms with E-state index in [0.29, 0.717) is 12.0 Å². The number of carbonyl (C=O) groups excluding carboxylic acids is 1. The average molecular weight is 349 g/mol. The van der Waals surface area contributed by atoms with E-state index in [2.05, 4.69) is 17.9 Å². The zero-order valence-corrected chi connectivity index (χ0v) is 15.7. The molecule has 0 heterocycles. The number of rotatable bonds is 8. The van der Waals surface area contributed by atoms with Gasteiger partial charge in [-0.05, 0) is 56.1 Å². The van der Waals surface area contributed by atoms with Crippen molar-refractivity contribution in [2.75, 3.05) is 14.1 Å². The molecule has 0 aliphatic heterocycles. The van der Waals surface area contributed by atoms with Gasteiger partial charge in [-0.2, -0.15) is 5.26 Å². The Balaban J connectivity index is 2.16. The third kappa shape index (κ3) is 5.18. The summed E-state index contributed by atoms with van der Waals surface area (Å²) in [5.41, 5.74) is 8.70. The normalized spacial score (nSPS) is 14.4. The maximum atomic E-state index is 12.2. The molecule has 4 heteroatoms. The van der Waals surface area contributed by atoms with Crippen LogP contribution in [0.2, 0.25) is 0 Å². The molecular weight excluding hydrogens is 322 g/mol. The monoisotopic (exact) mass is 349 g/mol. The van der Waals surface area contributed by atoms with Crippen LogP contribution >= 0.6 is 0 Å². The van der Waals surface area contributed by atoms with Gasteiger partial charge in [0.2, 0.25) is 5.91 Å². The lowest BCUT2D eigenvalue weighted by molar-refractivity contribution is -0.123. The summed E-state index contributed by atoms with van der Waals surface area (Å²) < 4.78 is 0. The summed E-state index contributed by atoms with van der Waals surface area (Å²) in [5, 5.41) is 8.94. The molecule has 0 radical (unpaired) electrons. The van der Waals surface area contributed by atoms with Crippen LogP contribution in [0.4, 0.5) is 0 Å². The number of nitrogens with zero attached hydrogens (tertiary/aromatic N) is 2. The predicted octanol–water partition coefficient (Wildman–Crippen LogP) is 3.33. The van der Waals surface area contributed by atoms with Crippen LogP contribution in [0.3, 0.4) is 0 Å². The highest BCUT2D eigenvalue weighted by Crippen LogP contribution is 2.29. The summed E-state index contributed by atoms with van der Waals surface area (Å²) in [6, 6.07) is 20.0. The first kappa shape index (κ1) is 19.7. The minimum Gasteiger partial charge on any atom is -0.369 e. The van der Waals surface area contributed by atoms with Gasteiger partial charge in [-0.25, -0.2) is 0 Å². The van der Waals surface area contributed by atoms with E-state index < -0.39 is 0 Å². The molecular formula is C22H27N3O. The van der Waals surface area contributed by atoms with Crippen LogP contribution < -0.4 is 5.73 Å². The van der Waals surface area contributed by atoms with E-state index in [4.69, 9.17) is 11.0 Å². The van der Waals surface area contributed by atoms with Gasteiger partial charge in [0.1, 0.15) is 0 Å². The maximum Gasteiger partial charge on any atom is 0.221 e. The standard InChI is InChI=1S/C22H27N3O/c1-16(19-7-5-4-6-8-19)21(22(24)26)14-20(25(2)3)13-17-9-11-18(15-23)12-10-17/h4-12,16,20-21H,13-14H2,1-3H3,(H2,24,26)/t16?,20-,21?/m1/s1. The molecule has 3 atom stereocenters. The van der Waals surface area contributed by atoms with Gasteiger partial charge in [-0.15, -0.1) is 0 Å². The molecule has 0 fully saturated rings. The van der Waals surface area contributed by atoms with Crippen LogP contribution in [0, 0.1) is 17.2 Å². The van der Waals surface area contributed by atoms with Crippen molar-refractivity contribution < 1.29 is 4.79 Å². The zero-order chi connectivity index (χ0) is 19.1. The van der Waals surface area contributed by atoms with Crippen LogP contribution in [-0.4, -0.2) is 30.9 Å². The molecule has 1 amide bonds. The number of nitrogens with two attached hydrogens (primary N) is 1. The number of hydrogen-bond donors (Lipinski definition) is 1. The molecule has 136 valence electrons. The number of carbonyl (C=O) groups is 1. The van der Waals surface area contributed by atoms with Crippen LogP contribution in [0.25, 0.3) is 0 Å². The molecule has 0 aliphatic carbocycles. The molecule has 26 heavy (non-hydrogen) atoms. The highest BCUT2D eigenvalue weighted by atomic mass is 16.1. The van der Waals surface area contributed by atoms with Crippen LogP contribution in [0.15, 0.2) is 54.6 Å². The number of hydrogen-bond acceptors (Lipinski definition) is 3. The second kappa shape index (κ2) is 9.17. The Morgan fingerprint density at radius 2 is 1.73 bits per heavy atom. The largest absolute Gasteiger partial charge is 0.369 e. The average Bonchev–Trinajstić information content (AvgIpc) is 2.65. The molecule has 2 aromatic rings. The van der Waals surface area contributed by atoms with E-state index in [-0.39, 0.29) is 23.8 Å². The molecule has 0 aliphatic rings. The molecule has 0 saturated carbocycles. The smallest absolute Gasteiger partial charge is 0.221 e. The van der Waals surface area contributed by atoms with Gasteiger partial charge in [-0.1, -0.05) is 49.4 Å². The Labute approximate surface area is 156 Å². The first-order valence-electron chi connectivity index (χ1n) is 8.92. The Hall–Kier alpha value is -2.64. The number of amides is 1. The number of nitriles is 1. The van der Waals surface area contributed by atoms with Gasteiger partial charge >= 0.3 is 0 Å². The van der Waals surface area contributed by atoms with Gasteiger partial charge in [-0.3, -0.25) is 4.79 Å². The first-order valence-corrected chi connectivity index (χ1v) is 8.92. The third-order valence-corrected chi connectivity index (χ3v) is 5.11. The van der Waals surface area contributed by atoms with Crippen LogP contribution in [0.5, 0.6) is 0 Å². The quantitative estimate of drug-likeness (QED) is 0.795. The van der Waals surface area contributed by atoms with Crippen molar-refractivity contribution in [3.05, 3.63) is 71.3 Å². The van der Waals surface area contributed by atoms with Crippen molar-refractivity contribution in [2.45, 2.75) is 31.7 Å². The fourth-order valence-electron chi connectivity index (χ4n) is 3.31.